The van der Waals surface area contributed by atoms with Crippen LogP contribution in [0, 0.1) is 0 Å². The van der Waals surface area contributed by atoms with Gasteiger partial charge < -0.3 is 21.4 Å². The summed E-state index contributed by atoms with van der Waals surface area (Å²) in [7, 11) is 0. The van der Waals surface area contributed by atoms with E-state index in [4.69, 9.17) is 10.9 Å². The molecule has 10 nitrogen and oxygen atoms in total. The van der Waals surface area contributed by atoms with Gasteiger partial charge in [-0.2, -0.15) is 0 Å². The molecule has 2 atom stereocenters. The number of hydrogen-bond donors (Lipinski definition) is 4. The van der Waals surface area contributed by atoms with Crippen LogP contribution < -0.4 is 11.1 Å². The van der Waals surface area contributed by atoms with E-state index in [9.17, 15) is 19.5 Å². The Kier molecular flexibility index (Phi) is 6.13. The standard InChI is InChI=1S/C14H13N5O5S2.ClH/c1-2-5-3-25-12-8(11(21)19(12)9(5)13(22)23)17-10(20)7(18-24)6-4-26-14(15)16-6;/h2,4,8,12,24H,1,3H2,(H2,15,16)(H,17,20)(H,22,23);1H/t8-,12-;/m1./s1. The molecular formula is C14H14ClN5O5S2. The summed E-state index contributed by atoms with van der Waals surface area (Å²) < 4.78 is 0. The molecule has 2 amide bonds. The fourth-order valence-electron chi connectivity index (χ4n) is 2.62. The van der Waals surface area contributed by atoms with Gasteiger partial charge in [-0.3, -0.25) is 14.5 Å². The van der Waals surface area contributed by atoms with Gasteiger partial charge in [0.25, 0.3) is 11.8 Å². The van der Waals surface area contributed by atoms with Crippen molar-refractivity contribution in [2.75, 3.05) is 11.5 Å². The van der Waals surface area contributed by atoms with Gasteiger partial charge in [0.1, 0.15) is 22.8 Å². The van der Waals surface area contributed by atoms with Crippen molar-refractivity contribution < 1.29 is 24.7 Å². The maximum Gasteiger partial charge on any atom is 0.352 e. The SMILES string of the molecule is C=CC1=C(C(=O)O)N2C(=O)[C@@H](NC(=O)C(=NO)c3csc(N)n3)[C@H]2SC1.Cl. The molecule has 0 bridgehead atoms. The summed E-state index contributed by atoms with van der Waals surface area (Å²) in [4.78, 5) is 41.2. The zero-order chi connectivity index (χ0) is 19.0. The van der Waals surface area contributed by atoms with Gasteiger partial charge in [-0.25, -0.2) is 9.78 Å². The molecule has 3 heterocycles. The molecule has 0 unspecified atom stereocenters. The number of nitrogens with zero attached hydrogens (tertiary/aromatic N) is 3. The largest absolute Gasteiger partial charge is 0.477 e. The number of β-lactam (4-membered cyclic amide) rings is 1. The molecular weight excluding hydrogens is 418 g/mol. The van der Waals surface area contributed by atoms with Crippen molar-refractivity contribution in [3.05, 3.63) is 35.0 Å². The van der Waals surface area contributed by atoms with Crippen LogP contribution in [0.5, 0.6) is 0 Å². The van der Waals surface area contributed by atoms with E-state index in [1.165, 1.54) is 23.2 Å². The Morgan fingerprint density at radius 3 is 2.74 bits per heavy atom. The lowest BCUT2D eigenvalue weighted by Crippen LogP contribution is -2.71. The van der Waals surface area contributed by atoms with E-state index in [0.29, 0.717) is 11.3 Å². The third-order valence-electron chi connectivity index (χ3n) is 3.81. The Hall–Kier alpha value is -2.57. The number of carbonyl (C=O) groups excluding carboxylic acids is 2. The third-order valence-corrected chi connectivity index (χ3v) is 5.79. The highest BCUT2D eigenvalue weighted by atomic mass is 35.5. The van der Waals surface area contributed by atoms with Crippen molar-refractivity contribution in [2.24, 2.45) is 5.16 Å². The zero-order valence-electron chi connectivity index (χ0n) is 13.5. The first-order valence-electron chi connectivity index (χ1n) is 7.16. The van der Waals surface area contributed by atoms with Crippen molar-refractivity contribution >= 4 is 64.1 Å². The molecule has 3 rings (SSSR count). The van der Waals surface area contributed by atoms with Crippen LogP contribution in [-0.4, -0.2) is 60.9 Å². The topological polar surface area (TPSA) is 158 Å². The summed E-state index contributed by atoms with van der Waals surface area (Å²) in [5.41, 5.74) is 5.49. The Balaban J connectivity index is 0.00000261. The van der Waals surface area contributed by atoms with Crippen LogP contribution in [-0.2, 0) is 14.4 Å². The number of nitrogens with one attached hydrogen (secondary N) is 1. The Labute approximate surface area is 167 Å². The lowest BCUT2D eigenvalue weighted by molar-refractivity contribution is -0.150. The number of aromatic nitrogens is 1. The molecule has 0 aromatic carbocycles. The summed E-state index contributed by atoms with van der Waals surface area (Å²) >= 11 is 2.37. The van der Waals surface area contributed by atoms with Crippen LogP contribution in [0.2, 0.25) is 0 Å². The first-order chi connectivity index (χ1) is 12.4. The summed E-state index contributed by atoms with van der Waals surface area (Å²) in [5, 5.41) is 24.9. The number of amides is 2. The maximum absolute atomic E-state index is 12.4. The minimum Gasteiger partial charge on any atom is -0.477 e. The summed E-state index contributed by atoms with van der Waals surface area (Å²) in [6.45, 7) is 3.56. The van der Waals surface area contributed by atoms with Crippen LogP contribution >= 0.6 is 35.5 Å². The molecule has 0 saturated carbocycles. The number of thioether (sulfide) groups is 1. The quantitative estimate of drug-likeness (QED) is 0.223. The van der Waals surface area contributed by atoms with Crippen LogP contribution in [0.1, 0.15) is 5.69 Å². The smallest absolute Gasteiger partial charge is 0.352 e. The monoisotopic (exact) mass is 431 g/mol. The summed E-state index contributed by atoms with van der Waals surface area (Å²) in [6, 6.07) is -0.944. The first-order valence-corrected chi connectivity index (χ1v) is 9.09. The minimum atomic E-state index is -1.24. The predicted molar refractivity (Wildman–Crippen MR) is 102 cm³/mol. The molecule has 1 saturated heterocycles. The number of hydrogen-bond acceptors (Lipinski definition) is 9. The van der Waals surface area contributed by atoms with Gasteiger partial charge >= 0.3 is 5.97 Å². The first kappa shape index (κ1) is 20.7. The number of nitrogen functional groups attached to an aromatic ring is 1. The van der Waals surface area contributed by atoms with E-state index in [1.807, 2.05) is 0 Å². The molecule has 2 aliphatic heterocycles. The van der Waals surface area contributed by atoms with Gasteiger partial charge in [-0.05, 0) is 5.57 Å². The van der Waals surface area contributed by atoms with E-state index in [-0.39, 0.29) is 34.6 Å². The van der Waals surface area contributed by atoms with Crippen molar-refractivity contribution in [3.63, 3.8) is 0 Å². The number of anilines is 1. The van der Waals surface area contributed by atoms with Gasteiger partial charge in [-0.15, -0.1) is 35.5 Å². The fraction of sp³-hybridized carbons (Fsp3) is 0.214. The number of thiazole rings is 1. The number of nitrogens with two attached hydrogens (primary N) is 1. The van der Waals surface area contributed by atoms with Gasteiger partial charge in [0.2, 0.25) is 0 Å². The van der Waals surface area contributed by atoms with E-state index >= 15 is 0 Å². The van der Waals surface area contributed by atoms with Crippen molar-refractivity contribution in [3.8, 4) is 0 Å². The molecule has 27 heavy (non-hydrogen) atoms. The number of allylic oxidation sites excluding steroid dienone is 1. The van der Waals surface area contributed by atoms with E-state index in [1.54, 1.807) is 0 Å². The second-order valence-electron chi connectivity index (χ2n) is 5.26. The van der Waals surface area contributed by atoms with E-state index in [0.717, 1.165) is 16.2 Å². The molecule has 1 fully saturated rings. The summed E-state index contributed by atoms with van der Waals surface area (Å²) in [6.07, 6.45) is 1.40. The molecule has 1 aromatic heterocycles. The molecule has 0 spiro atoms. The average molecular weight is 432 g/mol. The molecule has 0 radical (unpaired) electrons. The number of carbonyl (C=O) groups is 3. The van der Waals surface area contributed by atoms with Crippen molar-refractivity contribution in [1.82, 2.24) is 15.2 Å². The van der Waals surface area contributed by atoms with Gasteiger partial charge in [0.15, 0.2) is 10.8 Å². The minimum absolute atomic E-state index is 0. The van der Waals surface area contributed by atoms with Gasteiger partial charge in [0, 0.05) is 11.1 Å². The number of carboxylic acid groups (broad SMARTS) is 1. The second-order valence-corrected chi connectivity index (χ2v) is 7.26. The Bertz CT molecular complexity index is 883. The summed E-state index contributed by atoms with van der Waals surface area (Å²) in [5.74, 6) is -2.27. The Morgan fingerprint density at radius 1 is 1.52 bits per heavy atom. The fourth-order valence-corrected chi connectivity index (χ4v) is 4.51. The number of aliphatic carboxylic acids is 1. The second kappa shape index (κ2) is 7.98. The third kappa shape index (κ3) is 3.50. The molecule has 5 N–H and O–H groups in total. The van der Waals surface area contributed by atoms with Crippen molar-refractivity contribution in [2.45, 2.75) is 11.4 Å². The lowest BCUT2D eigenvalue weighted by Gasteiger charge is -2.49. The van der Waals surface area contributed by atoms with Crippen LogP contribution in [0.3, 0.4) is 0 Å². The average Bonchev–Trinajstić information content (AvgIpc) is 3.04. The number of carboxylic acids is 1. The van der Waals surface area contributed by atoms with E-state index < -0.39 is 29.2 Å². The number of rotatable bonds is 5. The highest BCUT2D eigenvalue weighted by Crippen LogP contribution is 2.40. The highest BCUT2D eigenvalue weighted by Gasteiger charge is 2.54. The number of fused-ring (bicyclic) bond motifs is 1. The Morgan fingerprint density at radius 2 is 2.22 bits per heavy atom. The van der Waals surface area contributed by atoms with Crippen LogP contribution in [0.4, 0.5) is 5.13 Å². The zero-order valence-corrected chi connectivity index (χ0v) is 15.9. The predicted octanol–water partition coefficient (Wildman–Crippen LogP) is 0.250. The van der Waals surface area contributed by atoms with Gasteiger partial charge in [-0.1, -0.05) is 17.8 Å². The normalized spacial score (nSPS) is 21.7. The number of oxime groups is 1. The molecule has 144 valence electrons. The van der Waals surface area contributed by atoms with E-state index in [2.05, 4.69) is 22.0 Å². The molecule has 0 aliphatic carbocycles. The molecule has 13 heteroatoms. The van der Waals surface area contributed by atoms with Crippen LogP contribution in [0.15, 0.2) is 34.5 Å². The van der Waals surface area contributed by atoms with Gasteiger partial charge in [0.05, 0.1) is 0 Å². The number of halogens is 1. The lowest BCUT2D eigenvalue weighted by atomic mass is 10.0. The maximum atomic E-state index is 12.4. The van der Waals surface area contributed by atoms with Crippen LogP contribution in [0.25, 0.3) is 0 Å². The molecule has 2 aliphatic rings. The van der Waals surface area contributed by atoms with Crippen molar-refractivity contribution in [1.29, 1.82) is 0 Å². The molecule has 1 aromatic rings. The highest BCUT2D eigenvalue weighted by molar-refractivity contribution is 8.00.